The highest BCUT2D eigenvalue weighted by Gasteiger charge is 2.36. The summed E-state index contributed by atoms with van der Waals surface area (Å²) in [6, 6.07) is 16.9. The Labute approximate surface area is 195 Å². The first-order chi connectivity index (χ1) is 16.1. The molecule has 1 aliphatic carbocycles. The van der Waals surface area contributed by atoms with Crippen molar-refractivity contribution in [2.75, 3.05) is 25.7 Å². The number of hydrogen-bond acceptors (Lipinski definition) is 5. The van der Waals surface area contributed by atoms with Crippen LogP contribution in [-0.2, 0) is 4.74 Å². The van der Waals surface area contributed by atoms with E-state index in [2.05, 4.69) is 24.3 Å². The number of allylic oxidation sites excluding steroid dienone is 6. The van der Waals surface area contributed by atoms with Crippen molar-refractivity contribution < 1.29 is 24.1 Å². The zero-order valence-electron chi connectivity index (χ0n) is 19.1. The molecule has 1 N–H and O–H groups in total. The molecule has 1 saturated heterocycles. The predicted molar refractivity (Wildman–Crippen MR) is 130 cm³/mol. The third-order valence-corrected chi connectivity index (χ3v) is 5.41. The third kappa shape index (κ3) is 7.26. The van der Waals surface area contributed by atoms with Gasteiger partial charge >= 0.3 is 6.09 Å². The molecule has 6 heteroatoms. The molecule has 0 spiro atoms. The van der Waals surface area contributed by atoms with Gasteiger partial charge in [0, 0.05) is 5.69 Å². The number of ether oxygens (including phenoxy) is 3. The van der Waals surface area contributed by atoms with Gasteiger partial charge in [-0.1, -0.05) is 48.6 Å². The van der Waals surface area contributed by atoms with E-state index in [4.69, 9.17) is 14.2 Å². The molecule has 2 unspecified atom stereocenters. The molecule has 6 nitrogen and oxygen atoms in total. The van der Waals surface area contributed by atoms with E-state index in [-0.39, 0.29) is 0 Å². The second kappa shape index (κ2) is 12.5. The molecule has 2 aromatic rings. The van der Waals surface area contributed by atoms with Crippen LogP contribution in [-0.4, -0.2) is 44.2 Å². The summed E-state index contributed by atoms with van der Waals surface area (Å²) >= 11 is 0. The Morgan fingerprint density at radius 1 is 1.03 bits per heavy atom. The van der Waals surface area contributed by atoms with E-state index in [1.54, 1.807) is 31.3 Å². The van der Waals surface area contributed by atoms with Crippen LogP contribution >= 0.6 is 0 Å². The number of aliphatic hydroxyl groups is 1. The van der Waals surface area contributed by atoms with Gasteiger partial charge in [0.2, 0.25) is 0 Å². The van der Waals surface area contributed by atoms with E-state index in [0.717, 1.165) is 30.0 Å². The van der Waals surface area contributed by atoms with Gasteiger partial charge in [0.05, 0.1) is 26.9 Å². The molecule has 1 fully saturated rings. The average Bonchev–Trinajstić information content (AvgIpc) is 3.07. The minimum atomic E-state index is -0.686. The van der Waals surface area contributed by atoms with Gasteiger partial charge in [-0.2, -0.15) is 0 Å². The molecule has 2 atom stereocenters. The zero-order valence-corrected chi connectivity index (χ0v) is 19.1. The summed E-state index contributed by atoms with van der Waals surface area (Å²) in [6.45, 7) is 0.348. The van der Waals surface area contributed by atoms with E-state index in [1.807, 2.05) is 48.5 Å². The van der Waals surface area contributed by atoms with Crippen LogP contribution in [0, 0.1) is 0 Å². The monoisotopic (exact) mass is 449 g/mol. The normalized spacial score (nSPS) is 17.9. The topological polar surface area (TPSA) is 68.2 Å². The molecular weight excluding hydrogens is 418 g/mol. The Balaban J connectivity index is 0.000000323. The van der Waals surface area contributed by atoms with Gasteiger partial charge in [0.25, 0.3) is 0 Å². The SMILES string of the molecule is COc1ccc(N2CC(C(O)CCC3=CC=CCC=C3)OC2=O)cc1.COc1ccccc1. The third-order valence-electron chi connectivity index (χ3n) is 5.41. The van der Waals surface area contributed by atoms with Crippen LogP contribution in [0.25, 0.3) is 0 Å². The molecule has 2 aromatic carbocycles. The van der Waals surface area contributed by atoms with E-state index in [0.29, 0.717) is 13.0 Å². The molecule has 0 aromatic heterocycles. The number of rotatable bonds is 7. The number of carbonyl (C=O) groups is 1. The fourth-order valence-corrected chi connectivity index (χ4v) is 3.51. The molecule has 0 bridgehead atoms. The molecule has 1 aliphatic heterocycles. The first-order valence-corrected chi connectivity index (χ1v) is 11.0. The van der Waals surface area contributed by atoms with Crippen molar-refractivity contribution in [1.29, 1.82) is 0 Å². The van der Waals surface area contributed by atoms with Crippen molar-refractivity contribution in [3.05, 3.63) is 90.6 Å². The maximum absolute atomic E-state index is 12.1. The van der Waals surface area contributed by atoms with E-state index in [1.165, 1.54) is 5.57 Å². The smallest absolute Gasteiger partial charge is 0.414 e. The Bertz CT molecular complexity index is 966. The number of methoxy groups -OCH3 is 2. The van der Waals surface area contributed by atoms with E-state index in [9.17, 15) is 9.90 Å². The summed E-state index contributed by atoms with van der Waals surface area (Å²) in [7, 11) is 3.26. The maximum atomic E-state index is 12.1. The number of carbonyl (C=O) groups excluding carboxylic acids is 1. The summed E-state index contributed by atoms with van der Waals surface area (Å²) in [4.78, 5) is 13.7. The van der Waals surface area contributed by atoms with Crippen LogP contribution in [0.2, 0.25) is 0 Å². The quantitative estimate of drug-likeness (QED) is 0.621. The van der Waals surface area contributed by atoms with Crippen LogP contribution in [0.5, 0.6) is 11.5 Å². The van der Waals surface area contributed by atoms with Crippen LogP contribution < -0.4 is 14.4 Å². The lowest BCUT2D eigenvalue weighted by molar-refractivity contribution is 0.0283. The van der Waals surface area contributed by atoms with E-state index >= 15 is 0 Å². The summed E-state index contributed by atoms with van der Waals surface area (Å²) in [6.07, 6.45) is 11.0. The second-order valence-corrected chi connectivity index (χ2v) is 7.66. The van der Waals surface area contributed by atoms with Crippen LogP contribution in [0.1, 0.15) is 19.3 Å². The van der Waals surface area contributed by atoms with Gasteiger partial charge in [-0.3, -0.25) is 4.90 Å². The largest absolute Gasteiger partial charge is 0.497 e. The molecule has 2 aliphatic rings. The lowest BCUT2D eigenvalue weighted by atomic mass is 10.0. The number of hydrogen-bond donors (Lipinski definition) is 1. The average molecular weight is 450 g/mol. The van der Waals surface area contributed by atoms with Crippen LogP contribution in [0.15, 0.2) is 90.6 Å². The number of para-hydroxylation sites is 1. The molecule has 1 heterocycles. The first-order valence-electron chi connectivity index (χ1n) is 11.0. The van der Waals surface area contributed by atoms with Crippen molar-refractivity contribution in [3.8, 4) is 11.5 Å². The Kier molecular flexibility index (Phi) is 9.15. The number of nitrogens with zero attached hydrogens (tertiary/aromatic N) is 1. The Morgan fingerprint density at radius 3 is 2.39 bits per heavy atom. The van der Waals surface area contributed by atoms with Gasteiger partial charge < -0.3 is 19.3 Å². The second-order valence-electron chi connectivity index (χ2n) is 7.66. The van der Waals surface area contributed by atoms with Crippen molar-refractivity contribution >= 4 is 11.8 Å². The lowest BCUT2D eigenvalue weighted by Crippen LogP contribution is -2.31. The number of aliphatic hydroxyl groups excluding tert-OH is 1. The molecule has 33 heavy (non-hydrogen) atoms. The fraction of sp³-hybridized carbons (Fsp3) is 0.296. The summed E-state index contributed by atoms with van der Waals surface area (Å²) in [5.74, 6) is 1.64. The van der Waals surface area contributed by atoms with E-state index < -0.39 is 18.3 Å². The zero-order chi connectivity index (χ0) is 23.5. The molecule has 0 saturated carbocycles. The highest BCUT2D eigenvalue weighted by atomic mass is 16.6. The number of anilines is 1. The van der Waals surface area contributed by atoms with Crippen molar-refractivity contribution in [2.45, 2.75) is 31.5 Å². The molecule has 4 rings (SSSR count). The highest BCUT2D eigenvalue weighted by Crippen LogP contribution is 2.26. The molecular formula is C27H31NO5. The van der Waals surface area contributed by atoms with Crippen molar-refractivity contribution in [1.82, 2.24) is 0 Å². The summed E-state index contributed by atoms with van der Waals surface area (Å²) in [5.41, 5.74) is 1.91. The summed E-state index contributed by atoms with van der Waals surface area (Å²) in [5, 5.41) is 10.4. The first kappa shape index (κ1) is 24.1. The number of cyclic esters (lactones) is 1. The number of amides is 1. The number of benzene rings is 2. The lowest BCUT2D eigenvalue weighted by Gasteiger charge is -2.17. The molecule has 0 radical (unpaired) electrons. The minimum absolute atomic E-state index is 0.348. The van der Waals surface area contributed by atoms with Crippen LogP contribution in [0.4, 0.5) is 10.5 Å². The minimum Gasteiger partial charge on any atom is -0.497 e. The van der Waals surface area contributed by atoms with Gasteiger partial charge in [0.1, 0.15) is 17.6 Å². The van der Waals surface area contributed by atoms with Gasteiger partial charge in [0.15, 0.2) is 0 Å². The maximum Gasteiger partial charge on any atom is 0.414 e. The standard InChI is InChI=1S/C20H23NO4.C7H8O/c1-24-17-11-9-16(10-12-17)21-14-19(25-20(21)23)18(22)13-8-15-6-4-2-3-5-7-15;1-8-7-5-3-2-4-6-7/h2,4-7,9-12,18-19,22H,3,8,13-14H2,1H3;2-6H,1H3. The van der Waals surface area contributed by atoms with Gasteiger partial charge in [-0.15, -0.1) is 0 Å². The van der Waals surface area contributed by atoms with Crippen molar-refractivity contribution in [3.63, 3.8) is 0 Å². The fourth-order valence-electron chi connectivity index (χ4n) is 3.51. The molecule has 1 amide bonds. The predicted octanol–water partition coefficient (Wildman–Crippen LogP) is 5.30. The molecule has 174 valence electrons. The highest BCUT2D eigenvalue weighted by molar-refractivity contribution is 5.89. The van der Waals surface area contributed by atoms with Gasteiger partial charge in [-0.05, 0) is 61.2 Å². The van der Waals surface area contributed by atoms with Crippen molar-refractivity contribution in [2.24, 2.45) is 0 Å². The Hall–Kier alpha value is -3.51. The summed E-state index contributed by atoms with van der Waals surface area (Å²) < 4.78 is 15.4. The Morgan fingerprint density at radius 2 is 1.73 bits per heavy atom. The van der Waals surface area contributed by atoms with Gasteiger partial charge in [-0.25, -0.2) is 4.79 Å². The van der Waals surface area contributed by atoms with Crippen LogP contribution in [0.3, 0.4) is 0 Å².